The third kappa shape index (κ3) is 4.05. The molecule has 1 rings (SSSR count). The number of hydrogen-bond donors (Lipinski definition) is 3. The first-order valence-electron chi connectivity index (χ1n) is 4.64. The molecule has 0 saturated heterocycles. The van der Waals surface area contributed by atoms with Crippen LogP contribution in [0.25, 0.3) is 0 Å². The summed E-state index contributed by atoms with van der Waals surface area (Å²) in [5.41, 5.74) is 10.4. The van der Waals surface area contributed by atoms with Gasteiger partial charge in [0.25, 0.3) is 0 Å². The second-order valence-corrected chi connectivity index (χ2v) is 3.19. The summed E-state index contributed by atoms with van der Waals surface area (Å²) in [6.07, 6.45) is 0.628. The van der Waals surface area contributed by atoms with Crippen LogP contribution in [0.3, 0.4) is 0 Å². The van der Waals surface area contributed by atoms with Gasteiger partial charge in [-0.05, 0) is 0 Å². The highest BCUT2D eigenvalue weighted by Gasteiger charge is 2.08. The van der Waals surface area contributed by atoms with E-state index in [9.17, 15) is 4.79 Å². The molecule has 1 atom stereocenters. The van der Waals surface area contributed by atoms with E-state index in [4.69, 9.17) is 16.0 Å². The highest BCUT2D eigenvalue weighted by Crippen LogP contribution is 1.94. The fourth-order valence-electron chi connectivity index (χ4n) is 1.00. The molecule has 0 aliphatic heterocycles. The number of nitrogens with zero attached hydrogens (tertiary/aromatic N) is 2. The van der Waals surface area contributed by atoms with E-state index in [1.165, 1.54) is 0 Å². The number of rotatable bonds is 6. The van der Waals surface area contributed by atoms with Crippen molar-refractivity contribution in [2.24, 2.45) is 11.5 Å². The van der Waals surface area contributed by atoms with Crippen molar-refractivity contribution in [3.63, 3.8) is 0 Å². The van der Waals surface area contributed by atoms with Gasteiger partial charge in [0, 0.05) is 26.4 Å². The van der Waals surface area contributed by atoms with E-state index < -0.39 is 11.9 Å². The maximum atomic E-state index is 10.6. The minimum Gasteiger partial charge on any atom is -0.368 e. The summed E-state index contributed by atoms with van der Waals surface area (Å²) in [6, 6.07) is -0.656. The minimum absolute atomic E-state index is 0.353. The van der Waals surface area contributed by atoms with Crippen LogP contribution in [0.5, 0.6) is 0 Å². The highest BCUT2D eigenvalue weighted by molar-refractivity contribution is 5.79. The van der Waals surface area contributed by atoms with Crippen LogP contribution in [-0.4, -0.2) is 35.2 Å². The van der Waals surface area contributed by atoms with Gasteiger partial charge in [0.2, 0.25) is 11.8 Å². The summed E-state index contributed by atoms with van der Waals surface area (Å²) >= 11 is 0. The Morgan fingerprint density at radius 1 is 1.67 bits per heavy atom. The van der Waals surface area contributed by atoms with Crippen molar-refractivity contribution in [2.45, 2.75) is 19.4 Å². The van der Waals surface area contributed by atoms with E-state index >= 15 is 0 Å². The van der Waals surface area contributed by atoms with Gasteiger partial charge in [0.05, 0.1) is 6.04 Å². The summed E-state index contributed by atoms with van der Waals surface area (Å²) < 4.78 is 4.79. The molecular weight excluding hydrogens is 198 g/mol. The number of amides is 1. The maximum Gasteiger partial charge on any atom is 0.235 e. The zero-order chi connectivity index (χ0) is 11.3. The van der Waals surface area contributed by atoms with Crippen LogP contribution in [0, 0.1) is 6.92 Å². The average molecular weight is 213 g/mol. The van der Waals surface area contributed by atoms with Crippen molar-refractivity contribution in [3.05, 3.63) is 11.7 Å². The number of primary amides is 1. The summed E-state index contributed by atoms with van der Waals surface area (Å²) in [6.45, 7) is 2.71. The molecular formula is C8H15N5O2. The van der Waals surface area contributed by atoms with Gasteiger partial charge in [-0.3, -0.25) is 4.79 Å². The van der Waals surface area contributed by atoms with E-state index in [-0.39, 0.29) is 0 Å². The van der Waals surface area contributed by atoms with Gasteiger partial charge in [-0.2, -0.15) is 4.98 Å². The minimum atomic E-state index is -0.656. The Bertz CT molecular complexity index is 325. The fourth-order valence-corrected chi connectivity index (χ4v) is 1.00. The monoisotopic (exact) mass is 213 g/mol. The number of nitrogens with two attached hydrogens (primary N) is 2. The van der Waals surface area contributed by atoms with E-state index in [0.29, 0.717) is 31.2 Å². The van der Waals surface area contributed by atoms with E-state index in [0.717, 1.165) is 0 Å². The largest absolute Gasteiger partial charge is 0.368 e. The first-order chi connectivity index (χ1) is 7.09. The van der Waals surface area contributed by atoms with Crippen LogP contribution in [-0.2, 0) is 11.2 Å². The molecule has 0 aromatic carbocycles. The Morgan fingerprint density at radius 3 is 2.93 bits per heavy atom. The van der Waals surface area contributed by atoms with Crippen molar-refractivity contribution in [1.29, 1.82) is 0 Å². The predicted molar refractivity (Wildman–Crippen MR) is 52.8 cm³/mol. The normalized spacial score (nSPS) is 12.7. The van der Waals surface area contributed by atoms with Gasteiger partial charge in [0.1, 0.15) is 0 Å². The predicted octanol–water partition coefficient (Wildman–Crippen LogP) is -1.68. The van der Waals surface area contributed by atoms with Gasteiger partial charge >= 0.3 is 0 Å². The van der Waals surface area contributed by atoms with E-state index in [1.807, 2.05) is 0 Å². The number of aromatic nitrogens is 2. The molecule has 0 spiro atoms. The molecule has 1 aromatic rings. The molecule has 1 unspecified atom stereocenters. The standard InChI is InChI=1S/C8H15N5O2/c1-5-12-7(13-15-5)2-3-11-4-6(9)8(10)14/h6,11H,2-4,9H2,1H3,(H2,10,14). The molecule has 7 nitrogen and oxygen atoms in total. The van der Waals surface area contributed by atoms with Crippen LogP contribution in [0.1, 0.15) is 11.7 Å². The molecule has 15 heavy (non-hydrogen) atoms. The maximum absolute atomic E-state index is 10.6. The van der Waals surface area contributed by atoms with Gasteiger partial charge in [-0.1, -0.05) is 5.16 Å². The lowest BCUT2D eigenvalue weighted by atomic mass is 10.3. The second-order valence-electron chi connectivity index (χ2n) is 3.19. The molecule has 0 saturated carbocycles. The van der Waals surface area contributed by atoms with Crippen LogP contribution in [0.4, 0.5) is 0 Å². The number of aryl methyl sites for hydroxylation is 1. The molecule has 84 valence electrons. The molecule has 0 bridgehead atoms. The lowest BCUT2D eigenvalue weighted by Crippen LogP contribution is -2.44. The third-order valence-electron chi connectivity index (χ3n) is 1.82. The lowest BCUT2D eigenvalue weighted by molar-refractivity contribution is -0.119. The lowest BCUT2D eigenvalue weighted by Gasteiger charge is -2.07. The summed E-state index contributed by atoms with van der Waals surface area (Å²) in [7, 11) is 0. The third-order valence-corrected chi connectivity index (χ3v) is 1.82. The second kappa shape index (κ2) is 5.42. The summed E-state index contributed by atoms with van der Waals surface area (Å²) in [5.74, 6) is 0.657. The number of nitrogens with one attached hydrogen (secondary N) is 1. The number of carbonyl (C=O) groups excluding carboxylic acids is 1. The van der Waals surface area contributed by atoms with E-state index in [1.54, 1.807) is 6.92 Å². The van der Waals surface area contributed by atoms with Crippen molar-refractivity contribution in [1.82, 2.24) is 15.5 Å². The van der Waals surface area contributed by atoms with Crippen molar-refractivity contribution < 1.29 is 9.32 Å². The van der Waals surface area contributed by atoms with Crippen LogP contribution in [0.15, 0.2) is 4.52 Å². The molecule has 0 aliphatic rings. The SMILES string of the molecule is Cc1nc(CCNCC(N)C(N)=O)no1. The highest BCUT2D eigenvalue weighted by atomic mass is 16.5. The smallest absolute Gasteiger partial charge is 0.235 e. The zero-order valence-corrected chi connectivity index (χ0v) is 8.56. The Balaban J connectivity index is 2.14. The molecule has 5 N–H and O–H groups in total. The topological polar surface area (TPSA) is 120 Å². The summed E-state index contributed by atoms with van der Waals surface area (Å²) in [4.78, 5) is 14.6. The van der Waals surface area contributed by atoms with Crippen LogP contribution >= 0.6 is 0 Å². The molecule has 0 radical (unpaired) electrons. The molecule has 0 aliphatic carbocycles. The Kier molecular flexibility index (Phi) is 4.19. The summed E-state index contributed by atoms with van der Waals surface area (Å²) in [5, 5.41) is 6.70. The zero-order valence-electron chi connectivity index (χ0n) is 8.56. The first kappa shape index (κ1) is 11.6. The fraction of sp³-hybridized carbons (Fsp3) is 0.625. The molecule has 7 heteroatoms. The van der Waals surface area contributed by atoms with Crippen molar-refractivity contribution in [3.8, 4) is 0 Å². The Hall–Kier alpha value is -1.47. The quantitative estimate of drug-likeness (QED) is 0.485. The van der Waals surface area contributed by atoms with Crippen molar-refractivity contribution >= 4 is 5.91 Å². The molecule has 1 aromatic heterocycles. The van der Waals surface area contributed by atoms with Crippen LogP contribution in [0.2, 0.25) is 0 Å². The Morgan fingerprint density at radius 2 is 2.40 bits per heavy atom. The van der Waals surface area contributed by atoms with E-state index in [2.05, 4.69) is 15.5 Å². The van der Waals surface area contributed by atoms with Gasteiger partial charge in [-0.15, -0.1) is 0 Å². The average Bonchev–Trinajstić information content (AvgIpc) is 2.58. The van der Waals surface area contributed by atoms with Gasteiger partial charge in [-0.25, -0.2) is 0 Å². The van der Waals surface area contributed by atoms with Gasteiger partial charge < -0.3 is 21.3 Å². The molecule has 0 fully saturated rings. The molecule has 1 heterocycles. The van der Waals surface area contributed by atoms with Crippen LogP contribution < -0.4 is 16.8 Å². The van der Waals surface area contributed by atoms with Crippen molar-refractivity contribution in [2.75, 3.05) is 13.1 Å². The number of carbonyl (C=O) groups is 1. The molecule has 1 amide bonds. The first-order valence-corrected chi connectivity index (χ1v) is 4.64. The number of hydrogen-bond acceptors (Lipinski definition) is 6. The van der Waals surface area contributed by atoms with Gasteiger partial charge in [0.15, 0.2) is 5.82 Å². The Labute approximate surface area is 87.2 Å².